The Bertz CT molecular complexity index is 281. The molecule has 1 fully saturated rings. The molecule has 0 heterocycles. The summed E-state index contributed by atoms with van der Waals surface area (Å²) in [5.74, 6) is -3.50. The lowest BCUT2D eigenvalue weighted by Crippen LogP contribution is -2.29. The van der Waals surface area contributed by atoms with Crippen LogP contribution in [0.15, 0.2) is 0 Å². The Hall–Kier alpha value is -1.13. The molecule has 80 valence electrons. The van der Waals surface area contributed by atoms with Gasteiger partial charge in [-0.25, -0.2) is 9.18 Å². The molecule has 0 aromatic heterocycles. The molecule has 0 aromatic carbocycles. The molecule has 1 aliphatic rings. The van der Waals surface area contributed by atoms with E-state index in [1.807, 2.05) is 0 Å². The molecule has 0 radical (unpaired) electrons. The number of esters is 1. The number of carbonyl (C=O) groups is 2. The number of carbonyl (C=O) groups excluding carboxylic acids is 1. The number of halogens is 1. The summed E-state index contributed by atoms with van der Waals surface area (Å²) in [6.07, 6.45) is -0.281. The highest BCUT2D eigenvalue weighted by Gasteiger charge is 2.67. The zero-order chi connectivity index (χ0) is 11.1. The van der Waals surface area contributed by atoms with Crippen LogP contribution in [0.25, 0.3) is 0 Å². The number of hydrogen-bond acceptors (Lipinski definition) is 3. The number of carboxylic acid groups (broad SMARTS) is 1. The van der Waals surface area contributed by atoms with Crippen molar-refractivity contribution in [3.8, 4) is 0 Å². The third-order valence-electron chi connectivity index (χ3n) is 1.94. The number of aliphatic carboxylic acids is 1. The second kappa shape index (κ2) is 2.93. The van der Waals surface area contributed by atoms with Crippen LogP contribution in [-0.4, -0.2) is 28.3 Å². The average molecular weight is 204 g/mol. The molecule has 0 bridgehead atoms. The monoisotopic (exact) mass is 204 g/mol. The predicted molar refractivity (Wildman–Crippen MR) is 45.4 cm³/mol. The van der Waals surface area contributed by atoms with E-state index in [0.717, 1.165) is 0 Å². The molecule has 1 saturated carbocycles. The van der Waals surface area contributed by atoms with Crippen molar-refractivity contribution in [2.75, 3.05) is 0 Å². The maximum Gasteiger partial charge on any atom is 0.342 e. The van der Waals surface area contributed by atoms with Gasteiger partial charge in [-0.1, -0.05) is 0 Å². The summed E-state index contributed by atoms with van der Waals surface area (Å²) < 4.78 is 18.1. The van der Waals surface area contributed by atoms with Crippen LogP contribution in [0.1, 0.15) is 27.2 Å². The first-order chi connectivity index (χ1) is 6.17. The number of alkyl halides is 1. The lowest BCUT2D eigenvalue weighted by atomic mass is 10.2. The SMILES string of the molecule is CC(C)(C)OC(=O)[C@@H]1C[C@@]1(F)C(=O)O. The van der Waals surface area contributed by atoms with Crippen LogP contribution < -0.4 is 0 Å². The van der Waals surface area contributed by atoms with Crippen LogP contribution in [0.2, 0.25) is 0 Å². The van der Waals surface area contributed by atoms with E-state index in [9.17, 15) is 14.0 Å². The molecule has 1 aliphatic carbocycles. The number of rotatable bonds is 2. The molecule has 1 rings (SSSR count). The zero-order valence-corrected chi connectivity index (χ0v) is 8.33. The van der Waals surface area contributed by atoms with Gasteiger partial charge in [0.15, 0.2) is 0 Å². The number of ether oxygens (including phenoxy) is 1. The largest absolute Gasteiger partial charge is 0.479 e. The smallest absolute Gasteiger partial charge is 0.342 e. The highest BCUT2D eigenvalue weighted by Crippen LogP contribution is 2.48. The van der Waals surface area contributed by atoms with Crippen molar-refractivity contribution in [3.05, 3.63) is 0 Å². The Morgan fingerprint density at radius 2 is 2.00 bits per heavy atom. The first kappa shape index (κ1) is 10.9. The third kappa shape index (κ3) is 2.02. The van der Waals surface area contributed by atoms with Crippen molar-refractivity contribution in [3.63, 3.8) is 0 Å². The second-order valence-electron chi connectivity index (χ2n) is 4.46. The molecule has 0 amide bonds. The minimum atomic E-state index is -2.40. The minimum Gasteiger partial charge on any atom is -0.479 e. The van der Waals surface area contributed by atoms with E-state index in [1.54, 1.807) is 20.8 Å². The van der Waals surface area contributed by atoms with Crippen molar-refractivity contribution < 1.29 is 23.8 Å². The first-order valence-electron chi connectivity index (χ1n) is 4.32. The van der Waals surface area contributed by atoms with Gasteiger partial charge in [-0.15, -0.1) is 0 Å². The van der Waals surface area contributed by atoms with Crippen molar-refractivity contribution >= 4 is 11.9 Å². The molecule has 0 aliphatic heterocycles. The lowest BCUT2D eigenvalue weighted by molar-refractivity contribution is -0.161. The van der Waals surface area contributed by atoms with Crippen molar-refractivity contribution in [1.29, 1.82) is 0 Å². The van der Waals surface area contributed by atoms with Gasteiger partial charge in [-0.3, -0.25) is 4.79 Å². The minimum absolute atomic E-state index is 0.281. The summed E-state index contributed by atoms with van der Waals surface area (Å²) in [6, 6.07) is 0. The average Bonchev–Trinajstić information content (AvgIpc) is 2.60. The molecule has 0 aromatic rings. The highest BCUT2D eigenvalue weighted by atomic mass is 19.1. The van der Waals surface area contributed by atoms with Crippen LogP contribution >= 0.6 is 0 Å². The second-order valence-corrected chi connectivity index (χ2v) is 4.46. The van der Waals surface area contributed by atoms with E-state index in [1.165, 1.54) is 0 Å². The highest BCUT2D eigenvalue weighted by molar-refractivity contribution is 5.92. The normalized spacial score (nSPS) is 31.0. The predicted octanol–water partition coefficient (Wildman–Crippen LogP) is 1.14. The fourth-order valence-corrected chi connectivity index (χ4v) is 1.12. The molecular formula is C9H13FO4. The first-order valence-corrected chi connectivity index (χ1v) is 4.32. The Labute approximate surface area is 81.0 Å². The summed E-state index contributed by atoms with van der Waals surface area (Å²) in [6.45, 7) is 4.94. The molecular weight excluding hydrogens is 191 g/mol. The lowest BCUT2D eigenvalue weighted by Gasteiger charge is -2.19. The van der Waals surface area contributed by atoms with Crippen molar-refractivity contribution in [2.24, 2.45) is 5.92 Å². The molecule has 5 heteroatoms. The van der Waals surface area contributed by atoms with Crippen LogP contribution in [0.4, 0.5) is 4.39 Å². The fraction of sp³-hybridized carbons (Fsp3) is 0.778. The third-order valence-corrected chi connectivity index (χ3v) is 1.94. The summed E-state index contributed by atoms with van der Waals surface area (Å²) in [4.78, 5) is 21.6. The Morgan fingerprint density at radius 1 is 1.50 bits per heavy atom. The van der Waals surface area contributed by atoms with Gasteiger partial charge in [0, 0.05) is 6.42 Å². The molecule has 0 unspecified atom stereocenters. The van der Waals surface area contributed by atoms with Crippen LogP contribution in [0.3, 0.4) is 0 Å². The van der Waals surface area contributed by atoms with E-state index in [2.05, 4.69) is 0 Å². The molecule has 1 N–H and O–H groups in total. The Balaban J connectivity index is 2.56. The Kier molecular flexibility index (Phi) is 2.29. The van der Waals surface area contributed by atoms with Gasteiger partial charge in [-0.05, 0) is 20.8 Å². The van der Waals surface area contributed by atoms with Gasteiger partial charge < -0.3 is 9.84 Å². The van der Waals surface area contributed by atoms with E-state index in [-0.39, 0.29) is 6.42 Å². The van der Waals surface area contributed by atoms with E-state index >= 15 is 0 Å². The van der Waals surface area contributed by atoms with Gasteiger partial charge >= 0.3 is 11.9 Å². The summed E-state index contributed by atoms with van der Waals surface area (Å²) in [5.41, 5.74) is -3.11. The van der Waals surface area contributed by atoms with Gasteiger partial charge in [0.2, 0.25) is 5.67 Å². The van der Waals surface area contributed by atoms with Crippen molar-refractivity contribution in [2.45, 2.75) is 38.5 Å². The van der Waals surface area contributed by atoms with E-state index in [0.29, 0.717) is 0 Å². The molecule has 0 saturated heterocycles. The zero-order valence-electron chi connectivity index (χ0n) is 8.33. The molecule has 14 heavy (non-hydrogen) atoms. The van der Waals surface area contributed by atoms with Gasteiger partial charge in [0.05, 0.1) is 0 Å². The summed E-state index contributed by atoms with van der Waals surface area (Å²) in [5, 5.41) is 8.45. The van der Waals surface area contributed by atoms with Crippen molar-refractivity contribution in [1.82, 2.24) is 0 Å². The van der Waals surface area contributed by atoms with Gasteiger partial charge in [0.25, 0.3) is 0 Å². The van der Waals surface area contributed by atoms with E-state index < -0.39 is 29.1 Å². The molecule has 0 spiro atoms. The quantitative estimate of drug-likeness (QED) is 0.685. The van der Waals surface area contributed by atoms with Crippen LogP contribution in [-0.2, 0) is 14.3 Å². The standard InChI is InChI=1S/C9H13FO4/c1-8(2,3)14-6(11)5-4-9(5,10)7(12)13/h5H,4H2,1-3H3,(H,12,13)/t5-,9-/m0/s1. The summed E-state index contributed by atoms with van der Waals surface area (Å²) >= 11 is 0. The van der Waals surface area contributed by atoms with Gasteiger partial charge in [-0.2, -0.15) is 0 Å². The maximum absolute atomic E-state index is 13.2. The molecule has 2 atom stereocenters. The van der Waals surface area contributed by atoms with Gasteiger partial charge in [0.1, 0.15) is 11.5 Å². The Morgan fingerprint density at radius 3 is 2.29 bits per heavy atom. The maximum atomic E-state index is 13.2. The van der Waals surface area contributed by atoms with Crippen LogP contribution in [0.5, 0.6) is 0 Å². The van der Waals surface area contributed by atoms with E-state index in [4.69, 9.17) is 9.84 Å². The number of carboxylic acids is 1. The summed E-state index contributed by atoms with van der Waals surface area (Å²) in [7, 11) is 0. The topological polar surface area (TPSA) is 63.6 Å². The number of hydrogen-bond donors (Lipinski definition) is 1. The fourth-order valence-electron chi connectivity index (χ4n) is 1.12. The molecule has 4 nitrogen and oxygen atoms in total. The van der Waals surface area contributed by atoms with Crippen LogP contribution in [0, 0.1) is 5.92 Å².